The first-order chi connectivity index (χ1) is 11.7. The lowest BCUT2D eigenvalue weighted by molar-refractivity contribution is 0.0914. The summed E-state index contributed by atoms with van der Waals surface area (Å²) in [6.45, 7) is 1.81. The molecule has 0 aliphatic heterocycles. The number of carbonyl (C=O) groups excluding carboxylic acids is 1. The Morgan fingerprint density at radius 1 is 1.12 bits per heavy atom. The summed E-state index contributed by atoms with van der Waals surface area (Å²) < 4.78 is 28.5. The number of halogens is 1. The van der Waals surface area contributed by atoms with Crippen LogP contribution in [0.25, 0.3) is 11.0 Å². The number of sulfone groups is 1. The molecule has 0 aliphatic carbocycles. The zero-order valence-corrected chi connectivity index (χ0v) is 15.2. The molecule has 3 aromatic rings. The van der Waals surface area contributed by atoms with Crippen molar-refractivity contribution in [3.05, 3.63) is 64.9 Å². The molecule has 0 spiro atoms. The van der Waals surface area contributed by atoms with Gasteiger partial charge in [0.15, 0.2) is 15.6 Å². The minimum Gasteiger partial charge on any atom is -0.451 e. The molecular weight excluding hydrogens is 362 g/mol. The van der Waals surface area contributed by atoms with Gasteiger partial charge in [-0.1, -0.05) is 23.7 Å². The van der Waals surface area contributed by atoms with E-state index in [1.807, 2.05) is 6.92 Å². The molecule has 0 fully saturated rings. The normalized spacial score (nSPS) is 12.9. The molecular formula is C18H16ClNO4S. The Kier molecular flexibility index (Phi) is 4.58. The van der Waals surface area contributed by atoms with Crippen molar-refractivity contribution in [2.45, 2.75) is 17.9 Å². The number of fused-ring (bicyclic) bond motifs is 1. The number of carbonyl (C=O) groups is 1. The van der Waals surface area contributed by atoms with Gasteiger partial charge in [-0.2, -0.15) is 0 Å². The predicted octanol–water partition coefficient (Wildman–Crippen LogP) is 3.98. The van der Waals surface area contributed by atoms with E-state index in [2.05, 4.69) is 5.32 Å². The molecule has 0 radical (unpaired) electrons. The lowest BCUT2D eigenvalue weighted by Crippen LogP contribution is -2.26. The van der Waals surface area contributed by atoms with Crippen LogP contribution < -0.4 is 5.32 Å². The smallest absolute Gasteiger partial charge is 0.287 e. The highest BCUT2D eigenvalue weighted by Gasteiger charge is 2.16. The van der Waals surface area contributed by atoms with Crippen molar-refractivity contribution in [3.8, 4) is 0 Å². The summed E-state index contributed by atoms with van der Waals surface area (Å²) in [6, 6.07) is 12.9. The monoisotopic (exact) mass is 377 g/mol. The highest BCUT2D eigenvalue weighted by molar-refractivity contribution is 7.90. The van der Waals surface area contributed by atoms with Crippen molar-refractivity contribution in [3.63, 3.8) is 0 Å². The maximum Gasteiger partial charge on any atom is 0.287 e. The van der Waals surface area contributed by atoms with Crippen LogP contribution in [0, 0.1) is 0 Å². The molecule has 1 unspecified atom stereocenters. The van der Waals surface area contributed by atoms with E-state index in [9.17, 15) is 13.2 Å². The number of rotatable bonds is 4. The van der Waals surface area contributed by atoms with Gasteiger partial charge < -0.3 is 9.73 Å². The Bertz CT molecular complexity index is 1040. The fourth-order valence-electron chi connectivity index (χ4n) is 2.48. The third kappa shape index (κ3) is 3.86. The van der Waals surface area contributed by atoms with E-state index in [0.717, 1.165) is 17.2 Å². The lowest BCUT2D eigenvalue weighted by atomic mass is 10.1. The third-order valence-corrected chi connectivity index (χ3v) is 5.22. The van der Waals surface area contributed by atoms with Crippen LogP contribution in [0.4, 0.5) is 0 Å². The highest BCUT2D eigenvalue weighted by Crippen LogP contribution is 2.24. The zero-order chi connectivity index (χ0) is 18.2. The quantitative estimate of drug-likeness (QED) is 0.746. The molecule has 7 heteroatoms. The Morgan fingerprint density at radius 3 is 2.44 bits per heavy atom. The SMILES string of the molecule is CC(NC(=O)c1cc2cc(Cl)ccc2o1)c1ccc(S(C)(=O)=O)cc1. The summed E-state index contributed by atoms with van der Waals surface area (Å²) in [6.07, 6.45) is 1.15. The second kappa shape index (κ2) is 6.54. The van der Waals surface area contributed by atoms with E-state index < -0.39 is 9.84 Å². The van der Waals surface area contributed by atoms with Crippen molar-refractivity contribution in [1.82, 2.24) is 5.32 Å². The summed E-state index contributed by atoms with van der Waals surface area (Å²) in [5.41, 5.74) is 1.37. The maximum absolute atomic E-state index is 12.4. The number of furan rings is 1. The Labute approximate surface area is 150 Å². The molecule has 1 aromatic heterocycles. The van der Waals surface area contributed by atoms with Crippen LogP contribution in [0.5, 0.6) is 0 Å². The van der Waals surface area contributed by atoms with Crippen molar-refractivity contribution in [1.29, 1.82) is 0 Å². The largest absolute Gasteiger partial charge is 0.451 e. The van der Waals surface area contributed by atoms with Gasteiger partial charge in [-0.25, -0.2) is 8.42 Å². The molecule has 3 rings (SSSR count). The highest BCUT2D eigenvalue weighted by atomic mass is 35.5. The van der Waals surface area contributed by atoms with Gasteiger partial charge in [-0.15, -0.1) is 0 Å². The number of hydrogen-bond donors (Lipinski definition) is 1. The number of hydrogen-bond acceptors (Lipinski definition) is 4. The van der Waals surface area contributed by atoms with E-state index in [1.54, 1.807) is 36.4 Å². The van der Waals surface area contributed by atoms with Gasteiger partial charge in [-0.3, -0.25) is 4.79 Å². The standard InChI is InChI=1S/C18H16ClNO4S/c1-11(12-3-6-15(7-4-12)25(2,22)23)20-18(21)17-10-13-9-14(19)5-8-16(13)24-17/h3-11H,1-2H3,(H,20,21). The van der Waals surface area contributed by atoms with Gasteiger partial charge >= 0.3 is 0 Å². The second-order valence-corrected chi connectivity index (χ2v) is 8.28. The molecule has 130 valence electrons. The molecule has 1 N–H and O–H groups in total. The van der Waals surface area contributed by atoms with Gasteiger partial charge in [0.2, 0.25) is 0 Å². The fourth-order valence-corrected chi connectivity index (χ4v) is 3.29. The molecule has 25 heavy (non-hydrogen) atoms. The van der Waals surface area contributed by atoms with E-state index in [4.69, 9.17) is 16.0 Å². The molecule has 1 heterocycles. The first-order valence-electron chi connectivity index (χ1n) is 7.54. The minimum atomic E-state index is -3.24. The van der Waals surface area contributed by atoms with E-state index in [0.29, 0.717) is 10.6 Å². The summed E-state index contributed by atoms with van der Waals surface area (Å²) >= 11 is 5.93. The van der Waals surface area contributed by atoms with E-state index in [1.165, 1.54) is 12.1 Å². The van der Waals surface area contributed by atoms with E-state index >= 15 is 0 Å². The maximum atomic E-state index is 12.4. The minimum absolute atomic E-state index is 0.192. The van der Waals surface area contributed by atoms with Crippen molar-refractivity contribution < 1.29 is 17.6 Å². The first kappa shape index (κ1) is 17.5. The lowest BCUT2D eigenvalue weighted by Gasteiger charge is -2.13. The van der Waals surface area contributed by atoms with Crippen LogP contribution >= 0.6 is 11.6 Å². The molecule has 5 nitrogen and oxygen atoms in total. The van der Waals surface area contributed by atoms with Gasteiger partial charge in [-0.05, 0) is 48.9 Å². The molecule has 0 bridgehead atoms. The second-order valence-electron chi connectivity index (χ2n) is 5.83. The molecule has 0 saturated carbocycles. The Balaban J connectivity index is 1.77. The average Bonchev–Trinajstić information content (AvgIpc) is 2.97. The molecule has 1 amide bonds. The zero-order valence-electron chi connectivity index (χ0n) is 13.6. The van der Waals surface area contributed by atoms with Gasteiger partial charge in [0.1, 0.15) is 5.58 Å². The van der Waals surface area contributed by atoms with Crippen LogP contribution in [0.2, 0.25) is 5.02 Å². The molecule has 1 atom stereocenters. The van der Waals surface area contributed by atoms with Crippen molar-refractivity contribution >= 4 is 38.3 Å². The van der Waals surface area contributed by atoms with Gasteiger partial charge in [0.05, 0.1) is 10.9 Å². The van der Waals surface area contributed by atoms with Crippen LogP contribution in [0.3, 0.4) is 0 Å². The van der Waals surface area contributed by atoms with Crippen LogP contribution in [0.15, 0.2) is 57.8 Å². The number of amides is 1. The topological polar surface area (TPSA) is 76.4 Å². The summed E-state index contributed by atoms with van der Waals surface area (Å²) in [5.74, 6) is -0.163. The summed E-state index contributed by atoms with van der Waals surface area (Å²) in [4.78, 5) is 12.6. The predicted molar refractivity (Wildman–Crippen MR) is 96.7 cm³/mol. The van der Waals surface area contributed by atoms with Crippen LogP contribution in [-0.2, 0) is 9.84 Å². The summed E-state index contributed by atoms with van der Waals surface area (Å²) in [5, 5.41) is 4.15. The van der Waals surface area contributed by atoms with Gasteiger partial charge in [0.25, 0.3) is 5.91 Å². The van der Waals surface area contributed by atoms with Crippen LogP contribution in [0.1, 0.15) is 29.1 Å². The molecule has 0 saturated heterocycles. The average molecular weight is 378 g/mol. The fraction of sp³-hybridized carbons (Fsp3) is 0.167. The molecule has 0 aliphatic rings. The van der Waals surface area contributed by atoms with E-state index in [-0.39, 0.29) is 22.6 Å². The third-order valence-electron chi connectivity index (χ3n) is 3.86. The van der Waals surface area contributed by atoms with Crippen LogP contribution in [-0.4, -0.2) is 20.6 Å². The first-order valence-corrected chi connectivity index (χ1v) is 9.81. The number of benzene rings is 2. The summed E-state index contributed by atoms with van der Waals surface area (Å²) in [7, 11) is -3.24. The van der Waals surface area contributed by atoms with Crippen molar-refractivity contribution in [2.75, 3.05) is 6.26 Å². The molecule has 2 aromatic carbocycles. The Hall–Kier alpha value is -2.31. The van der Waals surface area contributed by atoms with Gasteiger partial charge in [0, 0.05) is 16.7 Å². The number of nitrogens with one attached hydrogen (secondary N) is 1. The van der Waals surface area contributed by atoms with Crippen molar-refractivity contribution in [2.24, 2.45) is 0 Å². The Morgan fingerprint density at radius 2 is 1.80 bits per heavy atom.